The summed E-state index contributed by atoms with van der Waals surface area (Å²) >= 11 is 1.60. The minimum atomic E-state index is 0.145. The van der Waals surface area contributed by atoms with Gasteiger partial charge in [-0.05, 0) is 31.0 Å². The summed E-state index contributed by atoms with van der Waals surface area (Å²) in [4.78, 5) is 12.9. The first-order chi connectivity index (χ1) is 8.50. The Morgan fingerprint density at radius 2 is 2.06 bits per heavy atom. The van der Waals surface area contributed by atoms with Gasteiger partial charge in [-0.3, -0.25) is 4.79 Å². The van der Waals surface area contributed by atoms with Gasteiger partial charge in [-0.15, -0.1) is 11.8 Å². The molecule has 1 aromatic carbocycles. The molecule has 0 unspecified atom stereocenters. The molecular weight excluding hydrogens is 246 g/mol. The van der Waals surface area contributed by atoms with Crippen LogP contribution in [0.1, 0.15) is 11.1 Å². The average molecular weight is 267 g/mol. The third-order valence-corrected chi connectivity index (χ3v) is 3.46. The zero-order valence-electron chi connectivity index (χ0n) is 11.5. The standard InChI is InChI=1S/C14H21NO2S/c1-11-5-6-12(2)13(9-11)17-7-8-18-10-14(16)15(3)4/h5-6,9H,7-8,10H2,1-4H3. The monoisotopic (exact) mass is 267 g/mol. The summed E-state index contributed by atoms with van der Waals surface area (Å²) in [6.07, 6.45) is 0. The molecule has 0 spiro atoms. The predicted octanol–water partition coefficient (Wildman–Crippen LogP) is 2.50. The molecule has 0 saturated carbocycles. The fourth-order valence-electron chi connectivity index (χ4n) is 1.36. The number of rotatable bonds is 6. The molecule has 0 N–H and O–H groups in total. The van der Waals surface area contributed by atoms with Crippen LogP contribution in [0.5, 0.6) is 5.75 Å². The smallest absolute Gasteiger partial charge is 0.232 e. The van der Waals surface area contributed by atoms with Crippen molar-refractivity contribution in [2.45, 2.75) is 13.8 Å². The summed E-state index contributed by atoms with van der Waals surface area (Å²) in [7, 11) is 3.55. The van der Waals surface area contributed by atoms with Crippen molar-refractivity contribution in [3.8, 4) is 5.75 Å². The highest BCUT2D eigenvalue weighted by atomic mass is 32.2. The van der Waals surface area contributed by atoms with Crippen LogP contribution >= 0.6 is 11.8 Å². The lowest BCUT2D eigenvalue weighted by Crippen LogP contribution is -2.23. The van der Waals surface area contributed by atoms with Gasteiger partial charge in [0.2, 0.25) is 5.91 Å². The van der Waals surface area contributed by atoms with Crippen LogP contribution in [0.2, 0.25) is 0 Å². The molecule has 0 atom stereocenters. The van der Waals surface area contributed by atoms with E-state index in [1.807, 2.05) is 13.0 Å². The molecule has 3 nitrogen and oxygen atoms in total. The molecule has 0 aliphatic rings. The Bertz CT molecular complexity index is 405. The van der Waals surface area contributed by atoms with Crippen molar-refractivity contribution >= 4 is 17.7 Å². The van der Waals surface area contributed by atoms with Gasteiger partial charge in [0.15, 0.2) is 0 Å². The van der Waals surface area contributed by atoms with Crippen molar-refractivity contribution < 1.29 is 9.53 Å². The second-order valence-corrected chi connectivity index (χ2v) is 5.56. The van der Waals surface area contributed by atoms with E-state index in [2.05, 4.69) is 19.1 Å². The Morgan fingerprint density at radius 1 is 1.33 bits per heavy atom. The molecule has 0 aromatic heterocycles. The van der Waals surface area contributed by atoms with Gasteiger partial charge in [-0.1, -0.05) is 12.1 Å². The van der Waals surface area contributed by atoms with Crippen molar-refractivity contribution in [3.05, 3.63) is 29.3 Å². The van der Waals surface area contributed by atoms with Gasteiger partial charge < -0.3 is 9.64 Å². The Labute approximate surface area is 114 Å². The maximum Gasteiger partial charge on any atom is 0.232 e. The highest BCUT2D eigenvalue weighted by molar-refractivity contribution is 7.99. The molecule has 0 aliphatic heterocycles. The maximum atomic E-state index is 11.3. The van der Waals surface area contributed by atoms with Crippen molar-refractivity contribution in [2.75, 3.05) is 32.2 Å². The van der Waals surface area contributed by atoms with Crippen molar-refractivity contribution in [2.24, 2.45) is 0 Å². The number of thioether (sulfide) groups is 1. The van der Waals surface area contributed by atoms with Gasteiger partial charge >= 0.3 is 0 Å². The molecule has 1 amide bonds. The van der Waals surface area contributed by atoms with Gasteiger partial charge in [0.05, 0.1) is 12.4 Å². The van der Waals surface area contributed by atoms with Gasteiger partial charge in [0.25, 0.3) is 0 Å². The highest BCUT2D eigenvalue weighted by Crippen LogP contribution is 2.19. The zero-order valence-corrected chi connectivity index (χ0v) is 12.3. The number of nitrogens with zero attached hydrogens (tertiary/aromatic N) is 1. The summed E-state index contributed by atoms with van der Waals surface area (Å²) < 4.78 is 5.71. The van der Waals surface area contributed by atoms with Gasteiger partial charge in [0.1, 0.15) is 5.75 Å². The number of carbonyl (C=O) groups is 1. The Balaban J connectivity index is 2.26. The first-order valence-corrected chi connectivity index (χ1v) is 7.14. The van der Waals surface area contributed by atoms with Crippen LogP contribution in [0.15, 0.2) is 18.2 Å². The number of ether oxygens (including phenoxy) is 1. The molecule has 1 rings (SSSR count). The zero-order chi connectivity index (χ0) is 13.5. The topological polar surface area (TPSA) is 29.5 Å². The van der Waals surface area contributed by atoms with Crippen molar-refractivity contribution in [1.82, 2.24) is 4.90 Å². The lowest BCUT2D eigenvalue weighted by atomic mass is 10.1. The Morgan fingerprint density at radius 3 is 2.72 bits per heavy atom. The second-order valence-electron chi connectivity index (χ2n) is 4.46. The van der Waals surface area contributed by atoms with Crippen LogP contribution < -0.4 is 4.74 Å². The summed E-state index contributed by atoms with van der Waals surface area (Å²) in [5.74, 6) is 2.43. The lowest BCUT2D eigenvalue weighted by molar-refractivity contribution is -0.125. The number of carbonyl (C=O) groups excluding carboxylic acids is 1. The van der Waals surface area contributed by atoms with Crippen molar-refractivity contribution in [1.29, 1.82) is 0 Å². The van der Waals surface area contributed by atoms with Gasteiger partial charge in [-0.2, -0.15) is 0 Å². The average Bonchev–Trinajstić information content (AvgIpc) is 2.32. The predicted molar refractivity (Wildman–Crippen MR) is 77.4 cm³/mol. The molecule has 0 fully saturated rings. The molecule has 1 aromatic rings. The number of hydrogen-bond donors (Lipinski definition) is 0. The van der Waals surface area contributed by atoms with Crippen LogP contribution in [0, 0.1) is 13.8 Å². The molecular formula is C14H21NO2S. The highest BCUT2D eigenvalue weighted by Gasteiger charge is 2.04. The van der Waals surface area contributed by atoms with E-state index in [4.69, 9.17) is 4.74 Å². The molecule has 18 heavy (non-hydrogen) atoms. The van der Waals surface area contributed by atoms with Crippen molar-refractivity contribution in [3.63, 3.8) is 0 Å². The third-order valence-electron chi connectivity index (χ3n) is 2.55. The first kappa shape index (κ1) is 14.9. The molecule has 4 heteroatoms. The van der Waals surface area contributed by atoms with E-state index in [0.29, 0.717) is 12.4 Å². The summed E-state index contributed by atoms with van der Waals surface area (Å²) in [6.45, 7) is 4.73. The fraction of sp³-hybridized carbons (Fsp3) is 0.500. The van der Waals surface area contributed by atoms with E-state index in [0.717, 1.165) is 17.1 Å². The first-order valence-electron chi connectivity index (χ1n) is 5.98. The summed E-state index contributed by atoms with van der Waals surface area (Å²) in [6, 6.07) is 6.19. The molecule has 0 bridgehead atoms. The minimum absolute atomic E-state index is 0.145. The largest absolute Gasteiger partial charge is 0.492 e. The normalized spacial score (nSPS) is 10.2. The summed E-state index contributed by atoms with van der Waals surface area (Å²) in [5, 5.41) is 0. The number of amides is 1. The SMILES string of the molecule is Cc1ccc(C)c(OCCSCC(=O)N(C)C)c1. The van der Waals surface area contributed by atoms with Crippen LogP contribution in [-0.2, 0) is 4.79 Å². The number of hydrogen-bond acceptors (Lipinski definition) is 3. The van der Waals surface area contributed by atoms with E-state index < -0.39 is 0 Å². The quantitative estimate of drug-likeness (QED) is 0.742. The molecule has 0 radical (unpaired) electrons. The molecule has 0 aliphatic carbocycles. The summed E-state index contributed by atoms with van der Waals surface area (Å²) in [5.41, 5.74) is 2.35. The van der Waals surface area contributed by atoms with Crippen LogP contribution in [0.4, 0.5) is 0 Å². The minimum Gasteiger partial charge on any atom is -0.492 e. The molecule has 100 valence electrons. The van der Waals surface area contributed by atoms with Crippen LogP contribution in [-0.4, -0.2) is 43.0 Å². The molecule has 0 saturated heterocycles. The third kappa shape index (κ3) is 5.00. The lowest BCUT2D eigenvalue weighted by Gasteiger charge is -2.11. The van der Waals surface area contributed by atoms with Crippen LogP contribution in [0.25, 0.3) is 0 Å². The van der Waals surface area contributed by atoms with E-state index in [-0.39, 0.29) is 5.91 Å². The van der Waals surface area contributed by atoms with Gasteiger partial charge in [-0.25, -0.2) is 0 Å². The van der Waals surface area contributed by atoms with E-state index in [9.17, 15) is 4.79 Å². The number of benzene rings is 1. The Hall–Kier alpha value is -1.16. The fourth-order valence-corrected chi connectivity index (χ4v) is 2.14. The van der Waals surface area contributed by atoms with E-state index in [1.165, 1.54) is 5.56 Å². The number of aryl methyl sites for hydroxylation is 2. The van der Waals surface area contributed by atoms with Crippen LogP contribution in [0.3, 0.4) is 0 Å². The van der Waals surface area contributed by atoms with E-state index in [1.54, 1.807) is 30.8 Å². The van der Waals surface area contributed by atoms with E-state index >= 15 is 0 Å². The molecule has 0 heterocycles. The Kier molecular flexibility index (Phi) is 6.05. The maximum absolute atomic E-state index is 11.3. The second kappa shape index (κ2) is 7.31. The van der Waals surface area contributed by atoms with Gasteiger partial charge in [0, 0.05) is 19.8 Å².